The molecule has 1 aromatic rings. The number of aromatic nitrogens is 2. The minimum absolute atomic E-state index is 0.148. The zero-order chi connectivity index (χ0) is 18.0. The number of halogens is 1. The van der Waals surface area contributed by atoms with Crippen molar-refractivity contribution in [2.45, 2.75) is 46.1 Å². The van der Waals surface area contributed by atoms with Gasteiger partial charge in [-0.3, -0.25) is 9.58 Å². The zero-order valence-electron chi connectivity index (χ0n) is 15.6. The van der Waals surface area contributed by atoms with E-state index in [0.29, 0.717) is 6.61 Å². The SMILES string of the molecule is CCCOC(=O)N1CCC[C@]2(CCN(Cc3c(C)nn(C)c3Cl)C2)C1. The Bertz CT molecular complexity index is 633. The molecule has 0 saturated carbocycles. The van der Waals surface area contributed by atoms with Crippen LogP contribution in [-0.2, 0) is 18.3 Å². The molecule has 1 spiro atoms. The molecule has 0 N–H and O–H groups in total. The Kier molecular flexibility index (Phi) is 5.58. The van der Waals surface area contributed by atoms with Crippen LogP contribution in [0.2, 0.25) is 5.15 Å². The largest absolute Gasteiger partial charge is 0.449 e. The third kappa shape index (κ3) is 3.95. The molecule has 25 heavy (non-hydrogen) atoms. The summed E-state index contributed by atoms with van der Waals surface area (Å²) < 4.78 is 7.08. The molecule has 0 unspecified atom stereocenters. The molecule has 140 valence electrons. The van der Waals surface area contributed by atoms with Gasteiger partial charge in [0, 0.05) is 44.2 Å². The first-order chi connectivity index (χ1) is 11.9. The van der Waals surface area contributed by atoms with Gasteiger partial charge in [0.25, 0.3) is 0 Å². The Morgan fingerprint density at radius 3 is 2.80 bits per heavy atom. The van der Waals surface area contributed by atoms with Gasteiger partial charge in [0.15, 0.2) is 0 Å². The Morgan fingerprint density at radius 1 is 1.32 bits per heavy atom. The predicted molar refractivity (Wildman–Crippen MR) is 97.7 cm³/mol. The molecule has 0 radical (unpaired) electrons. The van der Waals surface area contributed by atoms with E-state index in [-0.39, 0.29) is 11.5 Å². The molecule has 0 aliphatic carbocycles. The molecule has 3 rings (SSSR count). The van der Waals surface area contributed by atoms with E-state index in [0.717, 1.165) is 68.4 Å². The number of piperidine rings is 1. The van der Waals surface area contributed by atoms with Crippen LogP contribution in [0.3, 0.4) is 0 Å². The summed E-state index contributed by atoms with van der Waals surface area (Å²) in [6.07, 6.45) is 4.08. The molecule has 3 heterocycles. The van der Waals surface area contributed by atoms with Gasteiger partial charge in [0.1, 0.15) is 5.15 Å². The maximum Gasteiger partial charge on any atom is 0.409 e. The van der Waals surface area contributed by atoms with Crippen LogP contribution in [0.25, 0.3) is 0 Å². The van der Waals surface area contributed by atoms with Crippen LogP contribution in [-0.4, -0.2) is 58.5 Å². The first-order valence-electron chi connectivity index (χ1n) is 9.26. The summed E-state index contributed by atoms with van der Waals surface area (Å²) in [7, 11) is 1.88. The summed E-state index contributed by atoms with van der Waals surface area (Å²) in [6.45, 7) is 9.06. The van der Waals surface area contributed by atoms with E-state index in [1.165, 1.54) is 6.42 Å². The van der Waals surface area contributed by atoms with E-state index < -0.39 is 0 Å². The number of carbonyl (C=O) groups excluding carboxylic acids is 1. The van der Waals surface area contributed by atoms with Gasteiger partial charge in [-0.05, 0) is 39.2 Å². The highest BCUT2D eigenvalue weighted by molar-refractivity contribution is 6.30. The molecule has 1 aromatic heterocycles. The topological polar surface area (TPSA) is 50.6 Å². The second kappa shape index (κ2) is 7.54. The van der Waals surface area contributed by atoms with E-state index in [1.807, 2.05) is 25.8 Å². The third-order valence-electron chi connectivity index (χ3n) is 5.52. The van der Waals surface area contributed by atoms with Gasteiger partial charge >= 0.3 is 6.09 Å². The van der Waals surface area contributed by atoms with Crippen LogP contribution in [0.5, 0.6) is 0 Å². The van der Waals surface area contributed by atoms with Gasteiger partial charge in [0.2, 0.25) is 0 Å². The number of hydrogen-bond acceptors (Lipinski definition) is 4. The Balaban J connectivity index is 1.62. The van der Waals surface area contributed by atoms with Crippen LogP contribution >= 0.6 is 11.6 Å². The highest BCUT2D eigenvalue weighted by Gasteiger charge is 2.43. The van der Waals surface area contributed by atoms with Gasteiger partial charge in [-0.2, -0.15) is 5.10 Å². The highest BCUT2D eigenvalue weighted by atomic mass is 35.5. The number of likely N-dealkylation sites (tertiary alicyclic amines) is 2. The molecule has 2 saturated heterocycles. The van der Waals surface area contributed by atoms with E-state index in [9.17, 15) is 4.79 Å². The molecular formula is C18H29ClN4O2. The first-order valence-corrected chi connectivity index (χ1v) is 9.64. The summed E-state index contributed by atoms with van der Waals surface area (Å²) >= 11 is 6.39. The average Bonchev–Trinajstić information content (AvgIpc) is 3.08. The van der Waals surface area contributed by atoms with E-state index >= 15 is 0 Å². The summed E-state index contributed by atoms with van der Waals surface area (Å²) in [6, 6.07) is 0. The lowest BCUT2D eigenvalue weighted by atomic mass is 9.79. The summed E-state index contributed by atoms with van der Waals surface area (Å²) in [5, 5.41) is 5.14. The van der Waals surface area contributed by atoms with Gasteiger partial charge in [-0.25, -0.2) is 4.79 Å². The minimum atomic E-state index is -0.148. The van der Waals surface area contributed by atoms with E-state index in [4.69, 9.17) is 16.3 Å². The fraction of sp³-hybridized carbons (Fsp3) is 0.778. The number of ether oxygens (including phenoxy) is 1. The normalized spacial score (nSPS) is 24.2. The van der Waals surface area contributed by atoms with Crippen molar-refractivity contribution in [1.82, 2.24) is 19.6 Å². The third-order valence-corrected chi connectivity index (χ3v) is 5.99. The van der Waals surface area contributed by atoms with Crippen LogP contribution in [0.4, 0.5) is 4.79 Å². The number of carbonyl (C=O) groups is 1. The standard InChI is InChI=1S/C18H29ClN4O2/c1-4-10-25-17(24)23-8-5-6-18(13-23)7-9-22(12-18)11-15-14(2)20-21(3)16(15)19/h4-13H2,1-3H3/t18-/m1/s1. The highest BCUT2D eigenvalue weighted by Crippen LogP contribution is 2.40. The van der Waals surface area contributed by atoms with Crippen molar-refractivity contribution in [3.05, 3.63) is 16.4 Å². The van der Waals surface area contributed by atoms with Crippen LogP contribution in [0.1, 0.15) is 43.9 Å². The van der Waals surface area contributed by atoms with Crippen molar-refractivity contribution < 1.29 is 9.53 Å². The Morgan fingerprint density at radius 2 is 2.12 bits per heavy atom. The van der Waals surface area contributed by atoms with Crippen molar-refractivity contribution >= 4 is 17.7 Å². The van der Waals surface area contributed by atoms with Crippen LogP contribution in [0, 0.1) is 12.3 Å². The van der Waals surface area contributed by atoms with Crippen molar-refractivity contribution in [3.8, 4) is 0 Å². The molecule has 6 nitrogen and oxygen atoms in total. The van der Waals surface area contributed by atoms with Gasteiger partial charge < -0.3 is 9.64 Å². The van der Waals surface area contributed by atoms with Crippen LogP contribution in [0.15, 0.2) is 0 Å². The number of aryl methyl sites for hydroxylation is 2. The first kappa shape index (κ1) is 18.5. The van der Waals surface area contributed by atoms with Crippen molar-refractivity contribution in [1.29, 1.82) is 0 Å². The van der Waals surface area contributed by atoms with Crippen LogP contribution < -0.4 is 0 Å². The van der Waals surface area contributed by atoms with Gasteiger partial charge in [-0.15, -0.1) is 0 Å². The Labute approximate surface area is 155 Å². The monoisotopic (exact) mass is 368 g/mol. The maximum atomic E-state index is 12.2. The summed E-state index contributed by atoms with van der Waals surface area (Å²) in [5.41, 5.74) is 2.32. The number of nitrogens with zero attached hydrogens (tertiary/aromatic N) is 4. The Hall–Kier alpha value is -1.27. The number of hydrogen-bond donors (Lipinski definition) is 0. The van der Waals surface area contributed by atoms with Crippen molar-refractivity contribution in [2.75, 3.05) is 32.8 Å². The molecule has 1 atom stereocenters. The molecular weight excluding hydrogens is 340 g/mol. The van der Waals surface area contributed by atoms with E-state index in [1.54, 1.807) is 4.68 Å². The molecule has 2 fully saturated rings. The maximum absolute atomic E-state index is 12.2. The fourth-order valence-electron chi connectivity index (χ4n) is 4.22. The zero-order valence-corrected chi connectivity index (χ0v) is 16.3. The molecule has 0 aromatic carbocycles. The molecule has 1 amide bonds. The average molecular weight is 369 g/mol. The van der Waals surface area contributed by atoms with Crippen molar-refractivity contribution in [3.63, 3.8) is 0 Å². The summed E-state index contributed by atoms with van der Waals surface area (Å²) in [5.74, 6) is 0. The van der Waals surface area contributed by atoms with Crippen molar-refractivity contribution in [2.24, 2.45) is 12.5 Å². The lowest BCUT2D eigenvalue weighted by Crippen LogP contribution is -2.47. The summed E-state index contributed by atoms with van der Waals surface area (Å²) in [4.78, 5) is 16.6. The number of amides is 1. The molecule has 2 aliphatic heterocycles. The second-order valence-corrected chi connectivity index (χ2v) is 7.94. The van der Waals surface area contributed by atoms with E-state index in [2.05, 4.69) is 10.00 Å². The number of rotatable bonds is 4. The molecule has 2 aliphatic rings. The van der Waals surface area contributed by atoms with Gasteiger partial charge in [-0.1, -0.05) is 18.5 Å². The molecule has 0 bridgehead atoms. The smallest absolute Gasteiger partial charge is 0.409 e. The lowest BCUT2D eigenvalue weighted by molar-refractivity contribution is 0.0574. The van der Waals surface area contributed by atoms with Gasteiger partial charge in [0.05, 0.1) is 12.3 Å². The fourth-order valence-corrected chi connectivity index (χ4v) is 4.45. The molecule has 7 heteroatoms. The lowest BCUT2D eigenvalue weighted by Gasteiger charge is -2.39. The quantitative estimate of drug-likeness (QED) is 0.818. The minimum Gasteiger partial charge on any atom is -0.449 e. The second-order valence-electron chi connectivity index (χ2n) is 7.58. The predicted octanol–water partition coefficient (Wildman–Crippen LogP) is 3.22.